The minimum absolute atomic E-state index is 0.166. The quantitative estimate of drug-likeness (QED) is 0.714. The largest absolute Gasteiger partial charge is 0.478 e. The van der Waals surface area contributed by atoms with E-state index in [0.29, 0.717) is 11.9 Å². The van der Waals surface area contributed by atoms with Crippen molar-refractivity contribution in [1.82, 2.24) is 15.2 Å². The highest BCUT2D eigenvalue weighted by atomic mass is 16.4. The first-order valence-corrected chi connectivity index (χ1v) is 8.64. The average molecular weight is 362 g/mol. The summed E-state index contributed by atoms with van der Waals surface area (Å²) in [5, 5.41) is 20.4. The molecule has 1 aliphatic carbocycles. The maximum atomic E-state index is 11.2. The van der Waals surface area contributed by atoms with Gasteiger partial charge in [0.2, 0.25) is 5.89 Å². The molecule has 2 N–H and O–H groups in total. The van der Waals surface area contributed by atoms with Gasteiger partial charge in [0, 0.05) is 29.6 Å². The van der Waals surface area contributed by atoms with Crippen LogP contribution in [-0.2, 0) is 6.42 Å². The Labute approximate surface area is 155 Å². The molecule has 4 rings (SSSR count). The van der Waals surface area contributed by atoms with Gasteiger partial charge in [-0.15, -0.1) is 5.10 Å². The maximum Gasteiger partial charge on any atom is 0.337 e. The normalized spacial score (nSPS) is 12.8. The number of hydrogen-bond donors (Lipinski definition) is 2. The Morgan fingerprint density at radius 1 is 1.19 bits per heavy atom. The SMILES string of the molecule is CC(C)Nc1nnc(-c2ccc3c(c2)C(c2cncc(C(=O)O)c2)=CC3)o1. The molecule has 136 valence electrons. The van der Waals surface area contributed by atoms with Gasteiger partial charge in [-0.05, 0) is 55.2 Å². The summed E-state index contributed by atoms with van der Waals surface area (Å²) in [4.78, 5) is 15.3. The summed E-state index contributed by atoms with van der Waals surface area (Å²) >= 11 is 0. The number of benzene rings is 1. The summed E-state index contributed by atoms with van der Waals surface area (Å²) in [5.41, 5.74) is 4.90. The van der Waals surface area contributed by atoms with Crippen molar-refractivity contribution < 1.29 is 14.3 Å². The molecule has 2 heterocycles. The number of carbonyl (C=O) groups is 1. The molecule has 7 nitrogen and oxygen atoms in total. The van der Waals surface area contributed by atoms with Gasteiger partial charge in [0.1, 0.15) is 0 Å². The van der Waals surface area contributed by atoms with Crippen LogP contribution in [0.5, 0.6) is 0 Å². The first kappa shape index (κ1) is 17.0. The fraction of sp³-hybridized carbons (Fsp3) is 0.200. The van der Waals surface area contributed by atoms with Crippen LogP contribution in [0.15, 0.2) is 47.2 Å². The molecule has 0 radical (unpaired) electrons. The monoisotopic (exact) mass is 362 g/mol. The standard InChI is InChI=1S/C20H18N4O3/c1-11(2)22-20-24-23-18(27-20)13-4-3-12-5-6-16(17(12)8-13)14-7-15(19(25)26)10-21-9-14/h3-4,6-11H,5H2,1-2H3,(H,22,24)(H,25,26). The summed E-state index contributed by atoms with van der Waals surface area (Å²) in [5.74, 6) is -0.558. The van der Waals surface area contributed by atoms with Gasteiger partial charge in [-0.3, -0.25) is 4.98 Å². The van der Waals surface area contributed by atoms with E-state index < -0.39 is 5.97 Å². The highest BCUT2D eigenvalue weighted by molar-refractivity contribution is 5.91. The lowest BCUT2D eigenvalue weighted by Gasteiger charge is -2.08. The topological polar surface area (TPSA) is 101 Å². The minimum Gasteiger partial charge on any atom is -0.478 e. The lowest BCUT2D eigenvalue weighted by atomic mass is 9.97. The summed E-state index contributed by atoms with van der Waals surface area (Å²) in [6.45, 7) is 3.99. The Hall–Kier alpha value is -3.48. The molecule has 0 unspecified atom stereocenters. The molecule has 0 fully saturated rings. The van der Waals surface area contributed by atoms with Crippen molar-refractivity contribution in [2.24, 2.45) is 0 Å². The Bertz CT molecular complexity index is 1050. The fourth-order valence-corrected chi connectivity index (χ4v) is 3.08. The summed E-state index contributed by atoms with van der Waals surface area (Å²) < 4.78 is 5.69. The second kappa shape index (κ2) is 6.68. The van der Waals surface area contributed by atoms with Crippen molar-refractivity contribution in [2.45, 2.75) is 26.3 Å². The van der Waals surface area contributed by atoms with Crippen molar-refractivity contribution in [3.63, 3.8) is 0 Å². The molecule has 3 aromatic rings. The molecule has 0 saturated carbocycles. The molecule has 2 aromatic heterocycles. The number of fused-ring (bicyclic) bond motifs is 1. The van der Waals surface area contributed by atoms with Gasteiger partial charge >= 0.3 is 12.0 Å². The van der Waals surface area contributed by atoms with Gasteiger partial charge in [0.05, 0.1) is 5.56 Å². The van der Waals surface area contributed by atoms with Crippen LogP contribution in [0, 0.1) is 0 Å². The van der Waals surface area contributed by atoms with Crippen molar-refractivity contribution in [1.29, 1.82) is 0 Å². The van der Waals surface area contributed by atoms with E-state index in [1.54, 1.807) is 12.3 Å². The van der Waals surface area contributed by atoms with Crippen molar-refractivity contribution in [3.05, 3.63) is 65.0 Å². The average Bonchev–Trinajstić information content (AvgIpc) is 3.27. The Morgan fingerprint density at radius 3 is 2.81 bits per heavy atom. The van der Waals surface area contributed by atoms with Gasteiger partial charge in [0.15, 0.2) is 0 Å². The second-order valence-electron chi connectivity index (χ2n) is 6.67. The van der Waals surface area contributed by atoms with Gasteiger partial charge in [0.25, 0.3) is 0 Å². The zero-order valence-corrected chi connectivity index (χ0v) is 14.9. The minimum atomic E-state index is -0.993. The van der Waals surface area contributed by atoms with Crippen molar-refractivity contribution in [3.8, 4) is 11.5 Å². The predicted molar refractivity (Wildman–Crippen MR) is 100 cm³/mol. The van der Waals surface area contributed by atoms with E-state index in [-0.39, 0.29) is 11.6 Å². The number of nitrogens with one attached hydrogen (secondary N) is 1. The van der Waals surface area contributed by atoms with Crippen LogP contribution >= 0.6 is 0 Å². The molecular weight excluding hydrogens is 344 g/mol. The third kappa shape index (κ3) is 3.31. The number of rotatable bonds is 5. The molecule has 0 saturated heterocycles. The molecule has 0 atom stereocenters. The van der Waals surface area contributed by atoms with E-state index in [1.165, 1.54) is 6.20 Å². The highest BCUT2D eigenvalue weighted by Crippen LogP contribution is 2.35. The third-order valence-corrected chi connectivity index (χ3v) is 4.31. The van der Waals surface area contributed by atoms with Gasteiger partial charge in [-0.25, -0.2) is 4.79 Å². The van der Waals surface area contributed by atoms with Crippen LogP contribution in [0.25, 0.3) is 17.0 Å². The van der Waals surface area contributed by atoms with E-state index in [1.807, 2.05) is 32.0 Å². The third-order valence-electron chi connectivity index (χ3n) is 4.31. The molecule has 0 spiro atoms. The second-order valence-corrected chi connectivity index (χ2v) is 6.67. The van der Waals surface area contributed by atoms with Crippen LogP contribution in [0.3, 0.4) is 0 Å². The number of pyridine rings is 1. The van der Waals surface area contributed by atoms with Crippen LogP contribution in [0.1, 0.15) is 40.9 Å². The number of aromatic carboxylic acids is 1. The molecular formula is C20H18N4O3. The first-order valence-electron chi connectivity index (χ1n) is 8.64. The number of carboxylic acid groups (broad SMARTS) is 1. The molecule has 0 aliphatic heterocycles. The van der Waals surface area contributed by atoms with E-state index in [9.17, 15) is 9.90 Å². The van der Waals surface area contributed by atoms with Crippen molar-refractivity contribution >= 4 is 17.6 Å². The van der Waals surface area contributed by atoms with Crippen LogP contribution in [0.2, 0.25) is 0 Å². The molecule has 7 heteroatoms. The number of allylic oxidation sites excluding steroid dienone is 1. The van der Waals surface area contributed by atoms with Crippen molar-refractivity contribution in [2.75, 3.05) is 5.32 Å². The fourth-order valence-electron chi connectivity index (χ4n) is 3.08. The molecule has 27 heavy (non-hydrogen) atoms. The van der Waals surface area contributed by atoms with Gasteiger partial charge in [-0.2, -0.15) is 0 Å². The number of hydrogen-bond acceptors (Lipinski definition) is 6. The van der Waals surface area contributed by atoms with E-state index in [4.69, 9.17) is 4.42 Å². The zero-order chi connectivity index (χ0) is 19.0. The Morgan fingerprint density at radius 2 is 2.04 bits per heavy atom. The number of aromatic nitrogens is 3. The van der Waals surface area contributed by atoms with Gasteiger partial charge < -0.3 is 14.8 Å². The lowest BCUT2D eigenvalue weighted by molar-refractivity contribution is 0.0696. The molecule has 0 bridgehead atoms. The zero-order valence-electron chi connectivity index (χ0n) is 14.9. The summed E-state index contributed by atoms with van der Waals surface area (Å²) in [6, 6.07) is 8.20. The summed E-state index contributed by atoms with van der Waals surface area (Å²) in [6.07, 6.45) is 5.89. The maximum absolute atomic E-state index is 11.2. The van der Waals surface area contributed by atoms with E-state index >= 15 is 0 Å². The first-order chi connectivity index (χ1) is 13.0. The number of carboxylic acids is 1. The lowest BCUT2D eigenvalue weighted by Crippen LogP contribution is -2.09. The summed E-state index contributed by atoms with van der Waals surface area (Å²) in [7, 11) is 0. The van der Waals surface area contributed by atoms with E-state index in [2.05, 4.69) is 26.6 Å². The Kier molecular flexibility index (Phi) is 4.19. The predicted octanol–water partition coefficient (Wildman–Crippen LogP) is 3.64. The van der Waals surface area contributed by atoms with Crippen LogP contribution in [-0.4, -0.2) is 32.3 Å². The Balaban J connectivity index is 1.69. The van der Waals surface area contributed by atoms with Gasteiger partial charge in [-0.1, -0.05) is 17.2 Å². The molecule has 1 aromatic carbocycles. The van der Waals surface area contributed by atoms with Crippen LogP contribution < -0.4 is 5.32 Å². The number of anilines is 1. The van der Waals surface area contributed by atoms with Crippen LogP contribution in [0.4, 0.5) is 6.01 Å². The molecule has 1 aliphatic rings. The molecule has 0 amide bonds. The van der Waals surface area contributed by atoms with E-state index in [0.717, 1.165) is 34.2 Å². The number of nitrogens with zero attached hydrogens (tertiary/aromatic N) is 3. The highest BCUT2D eigenvalue weighted by Gasteiger charge is 2.19. The smallest absolute Gasteiger partial charge is 0.337 e.